The van der Waals surface area contributed by atoms with Crippen LogP contribution in [0.1, 0.15) is 12.6 Å². The van der Waals surface area contributed by atoms with Crippen molar-refractivity contribution in [3.05, 3.63) is 30.0 Å². The fourth-order valence-electron chi connectivity index (χ4n) is 1.47. The molecule has 0 saturated carbocycles. The lowest BCUT2D eigenvalue weighted by Crippen LogP contribution is -2.26. The van der Waals surface area contributed by atoms with Crippen molar-refractivity contribution in [1.82, 2.24) is 15.8 Å². The first-order valence-electron chi connectivity index (χ1n) is 5.94. The van der Waals surface area contributed by atoms with Gasteiger partial charge in [0.2, 0.25) is 0 Å². The summed E-state index contributed by atoms with van der Waals surface area (Å²) in [5.74, 6) is 1.01. The normalized spacial score (nSPS) is 11.4. The molecule has 8 nitrogen and oxygen atoms in total. The lowest BCUT2D eigenvalue weighted by molar-refractivity contribution is 0.0970. The number of aliphatic imine (C=N–C) groups is 1. The molecule has 20 heavy (non-hydrogen) atoms. The Kier molecular flexibility index (Phi) is 4.51. The topological polar surface area (TPSA) is 108 Å². The number of hydroxylamine groups is 1. The van der Waals surface area contributed by atoms with Gasteiger partial charge in [-0.25, -0.2) is 15.1 Å². The molecule has 8 heteroatoms. The van der Waals surface area contributed by atoms with E-state index in [0.717, 1.165) is 0 Å². The number of methoxy groups -OCH3 is 1. The number of para-hydroxylation sites is 2. The van der Waals surface area contributed by atoms with E-state index in [9.17, 15) is 0 Å². The number of hydrogen-bond donors (Lipinski definition) is 2. The summed E-state index contributed by atoms with van der Waals surface area (Å²) < 4.78 is 9.80. The number of rotatable bonds is 5. The molecule has 1 heterocycles. The Morgan fingerprint density at radius 2 is 2.20 bits per heavy atom. The smallest absolute Gasteiger partial charge is 0.199 e. The molecule has 1 aromatic heterocycles. The number of ether oxygens (including phenoxy) is 1. The van der Waals surface area contributed by atoms with Crippen LogP contribution in [0.4, 0.5) is 11.5 Å². The lowest BCUT2D eigenvalue weighted by Gasteiger charge is -2.08. The van der Waals surface area contributed by atoms with Crippen LogP contribution in [-0.2, 0) is 4.84 Å². The molecule has 0 bridgehead atoms. The molecule has 106 valence electrons. The third kappa shape index (κ3) is 3.04. The van der Waals surface area contributed by atoms with E-state index < -0.39 is 0 Å². The first-order valence-corrected chi connectivity index (χ1v) is 5.94. The Labute approximate surface area is 115 Å². The van der Waals surface area contributed by atoms with E-state index in [1.165, 1.54) is 0 Å². The number of nitrogens with zero attached hydrogens (tertiary/aromatic N) is 3. The van der Waals surface area contributed by atoms with Crippen molar-refractivity contribution in [2.75, 3.05) is 19.5 Å². The average molecular weight is 277 g/mol. The van der Waals surface area contributed by atoms with Crippen molar-refractivity contribution in [3.63, 3.8) is 0 Å². The van der Waals surface area contributed by atoms with Gasteiger partial charge in [0.15, 0.2) is 17.3 Å². The summed E-state index contributed by atoms with van der Waals surface area (Å²) >= 11 is 0. The van der Waals surface area contributed by atoms with Gasteiger partial charge in [0, 0.05) is 0 Å². The summed E-state index contributed by atoms with van der Waals surface area (Å²) in [6.45, 7) is 2.27. The molecule has 0 amide bonds. The first kappa shape index (κ1) is 13.8. The Morgan fingerprint density at radius 3 is 2.85 bits per heavy atom. The Balaban J connectivity index is 2.40. The predicted octanol–water partition coefficient (Wildman–Crippen LogP) is 1.28. The number of amidine groups is 1. The van der Waals surface area contributed by atoms with Gasteiger partial charge in [0.05, 0.1) is 13.7 Å². The van der Waals surface area contributed by atoms with E-state index in [1.54, 1.807) is 19.2 Å². The summed E-state index contributed by atoms with van der Waals surface area (Å²) in [4.78, 5) is 9.52. The highest BCUT2D eigenvalue weighted by molar-refractivity contribution is 6.01. The number of nitrogens with two attached hydrogens (primary N) is 1. The molecular formula is C12H15N5O3. The standard InChI is InChI=1S/C12H15N5O3/c1-3-19-17-12(10-11(13)16-20-15-10)14-8-6-4-5-7-9(8)18-2/h4-7H,3H2,1-2H3,(H2,13,16)(H,14,17). The second kappa shape index (κ2) is 6.53. The second-order valence-corrected chi connectivity index (χ2v) is 3.67. The molecule has 3 N–H and O–H groups in total. The van der Waals surface area contributed by atoms with Crippen molar-refractivity contribution in [3.8, 4) is 5.75 Å². The van der Waals surface area contributed by atoms with Gasteiger partial charge in [-0.1, -0.05) is 12.1 Å². The maximum atomic E-state index is 5.66. The maximum Gasteiger partial charge on any atom is 0.199 e. The third-order valence-corrected chi connectivity index (χ3v) is 2.37. The predicted molar refractivity (Wildman–Crippen MR) is 72.7 cm³/mol. The van der Waals surface area contributed by atoms with E-state index in [0.29, 0.717) is 18.0 Å². The minimum absolute atomic E-state index is 0.117. The molecule has 0 aliphatic carbocycles. The summed E-state index contributed by atoms with van der Waals surface area (Å²) in [6.07, 6.45) is 0. The van der Waals surface area contributed by atoms with Crippen LogP contribution in [0.2, 0.25) is 0 Å². The Bertz CT molecular complexity index is 596. The molecular weight excluding hydrogens is 262 g/mol. The average Bonchev–Trinajstić information content (AvgIpc) is 2.90. The van der Waals surface area contributed by atoms with E-state index in [2.05, 4.69) is 25.4 Å². The van der Waals surface area contributed by atoms with Gasteiger partial charge in [0.1, 0.15) is 11.4 Å². The number of nitrogens with one attached hydrogen (secondary N) is 1. The van der Waals surface area contributed by atoms with Crippen LogP contribution in [-0.4, -0.2) is 29.9 Å². The van der Waals surface area contributed by atoms with Gasteiger partial charge in [-0.15, -0.1) is 0 Å². The van der Waals surface area contributed by atoms with E-state index in [-0.39, 0.29) is 17.3 Å². The Morgan fingerprint density at radius 1 is 1.40 bits per heavy atom. The molecule has 0 radical (unpaired) electrons. The molecule has 0 aliphatic heterocycles. The number of hydrogen-bond acceptors (Lipinski definition) is 7. The molecule has 2 rings (SSSR count). The highest BCUT2D eigenvalue weighted by Crippen LogP contribution is 2.27. The number of anilines is 1. The molecule has 0 aliphatic rings. The molecule has 0 spiro atoms. The highest BCUT2D eigenvalue weighted by atomic mass is 16.6. The molecule has 0 fully saturated rings. The first-order chi connectivity index (χ1) is 9.76. The maximum absolute atomic E-state index is 5.66. The summed E-state index contributed by atoms with van der Waals surface area (Å²) in [5.41, 5.74) is 9.19. The lowest BCUT2D eigenvalue weighted by atomic mass is 10.3. The van der Waals surface area contributed by atoms with E-state index in [1.807, 2.05) is 19.1 Å². The van der Waals surface area contributed by atoms with Crippen LogP contribution in [0.3, 0.4) is 0 Å². The van der Waals surface area contributed by atoms with Gasteiger partial charge in [0.25, 0.3) is 0 Å². The van der Waals surface area contributed by atoms with Crippen LogP contribution in [0, 0.1) is 0 Å². The zero-order valence-corrected chi connectivity index (χ0v) is 11.2. The number of aromatic nitrogens is 2. The molecule has 0 atom stereocenters. The van der Waals surface area contributed by atoms with Crippen LogP contribution in [0.15, 0.2) is 33.9 Å². The SMILES string of the molecule is CCONC(=Nc1ccccc1OC)c1nonc1N. The van der Waals surface area contributed by atoms with Crippen LogP contribution in [0.5, 0.6) is 5.75 Å². The minimum atomic E-state index is 0.117. The number of nitrogen functional groups attached to an aromatic ring is 1. The van der Waals surface area contributed by atoms with Crippen molar-refractivity contribution >= 4 is 17.3 Å². The van der Waals surface area contributed by atoms with Crippen molar-refractivity contribution in [2.45, 2.75) is 6.92 Å². The highest BCUT2D eigenvalue weighted by Gasteiger charge is 2.15. The quantitative estimate of drug-likeness (QED) is 0.481. The van der Waals surface area contributed by atoms with Crippen LogP contribution >= 0.6 is 0 Å². The molecule has 0 saturated heterocycles. The molecule has 2 aromatic rings. The number of benzene rings is 1. The summed E-state index contributed by atoms with van der Waals surface area (Å²) in [5, 5.41) is 7.21. The van der Waals surface area contributed by atoms with Gasteiger partial charge >= 0.3 is 0 Å². The fraction of sp³-hybridized carbons (Fsp3) is 0.250. The largest absolute Gasteiger partial charge is 0.494 e. The molecule has 1 aromatic carbocycles. The zero-order chi connectivity index (χ0) is 14.4. The van der Waals surface area contributed by atoms with Gasteiger partial charge in [-0.3, -0.25) is 4.84 Å². The van der Waals surface area contributed by atoms with Crippen LogP contribution in [0.25, 0.3) is 0 Å². The van der Waals surface area contributed by atoms with E-state index in [4.69, 9.17) is 15.3 Å². The summed E-state index contributed by atoms with van der Waals surface area (Å²) in [7, 11) is 1.57. The third-order valence-electron chi connectivity index (χ3n) is 2.37. The minimum Gasteiger partial charge on any atom is -0.494 e. The molecule has 0 unspecified atom stereocenters. The van der Waals surface area contributed by atoms with Gasteiger partial charge in [-0.2, -0.15) is 0 Å². The van der Waals surface area contributed by atoms with Crippen molar-refractivity contribution < 1.29 is 14.2 Å². The van der Waals surface area contributed by atoms with Gasteiger partial charge in [-0.05, 0) is 29.4 Å². The van der Waals surface area contributed by atoms with Crippen molar-refractivity contribution in [1.29, 1.82) is 0 Å². The zero-order valence-electron chi connectivity index (χ0n) is 11.2. The van der Waals surface area contributed by atoms with Crippen LogP contribution < -0.4 is 16.0 Å². The summed E-state index contributed by atoms with van der Waals surface area (Å²) in [6, 6.07) is 7.27. The fourth-order valence-corrected chi connectivity index (χ4v) is 1.47. The Hall–Kier alpha value is -2.61. The monoisotopic (exact) mass is 277 g/mol. The van der Waals surface area contributed by atoms with Gasteiger partial charge < -0.3 is 10.5 Å². The van der Waals surface area contributed by atoms with E-state index >= 15 is 0 Å². The van der Waals surface area contributed by atoms with Crippen molar-refractivity contribution in [2.24, 2.45) is 4.99 Å². The second-order valence-electron chi connectivity index (χ2n) is 3.67.